The number of hydrogen-bond donors (Lipinski definition) is 0. The number of benzene rings is 2. The van der Waals surface area contributed by atoms with Crippen molar-refractivity contribution in [2.45, 2.75) is 47.1 Å². The van der Waals surface area contributed by atoms with Gasteiger partial charge in [-0.25, -0.2) is 4.98 Å². The zero-order valence-electron chi connectivity index (χ0n) is 22.9. The van der Waals surface area contributed by atoms with Gasteiger partial charge in [0, 0.05) is 11.4 Å². The first-order valence-corrected chi connectivity index (χ1v) is 14.7. The molecule has 10 heteroatoms. The van der Waals surface area contributed by atoms with E-state index in [2.05, 4.69) is 34.8 Å². The van der Waals surface area contributed by atoms with E-state index in [0.29, 0.717) is 67.3 Å². The van der Waals surface area contributed by atoms with E-state index in [1.165, 1.54) is 11.8 Å². The van der Waals surface area contributed by atoms with Crippen molar-refractivity contribution in [3.63, 3.8) is 0 Å². The van der Waals surface area contributed by atoms with Crippen molar-refractivity contribution in [2.75, 3.05) is 18.1 Å². The van der Waals surface area contributed by atoms with Gasteiger partial charge in [-0.05, 0) is 62.1 Å². The van der Waals surface area contributed by atoms with E-state index in [9.17, 15) is 14.4 Å². The zero-order valence-corrected chi connectivity index (χ0v) is 25.3. The largest absolute Gasteiger partial charge is 0.490 e. The number of rotatable bonds is 9. The fraction of sp³-hybridized carbons (Fsp3) is 0.333. The molecule has 1 aliphatic rings. The van der Waals surface area contributed by atoms with Crippen molar-refractivity contribution in [1.82, 2.24) is 4.98 Å². The third-order valence-corrected chi connectivity index (χ3v) is 8.43. The third-order valence-electron chi connectivity index (χ3n) is 6.68. The summed E-state index contributed by atoms with van der Waals surface area (Å²) < 4.78 is 18.7. The molecule has 8 nitrogen and oxygen atoms in total. The van der Waals surface area contributed by atoms with Crippen LogP contribution in [0, 0.1) is 12.8 Å². The number of ketones is 1. The minimum absolute atomic E-state index is 0.0442. The molecule has 0 aliphatic carbocycles. The Hall–Kier alpha value is -3.50. The summed E-state index contributed by atoms with van der Waals surface area (Å²) in [5.41, 5.74) is 1.36. The van der Waals surface area contributed by atoms with E-state index in [0.717, 1.165) is 17.8 Å². The maximum Gasteiger partial charge on any atom is 0.297 e. The number of aryl methyl sites for hydroxylation is 1. The van der Waals surface area contributed by atoms with E-state index in [4.69, 9.17) is 13.9 Å². The highest BCUT2D eigenvalue weighted by Crippen LogP contribution is 2.45. The summed E-state index contributed by atoms with van der Waals surface area (Å²) in [6, 6.07) is 9.66. The number of aromatic nitrogens is 1. The molecule has 0 saturated carbocycles. The molecule has 208 valence electrons. The molecule has 1 atom stereocenters. The minimum atomic E-state index is -0.851. The molecule has 0 saturated heterocycles. The molecule has 40 heavy (non-hydrogen) atoms. The van der Waals surface area contributed by atoms with E-state index in [-0.39, 0.29) is 22.5 Å². The number of carbonyl (C=O) groups excluding carboxylic acids is 2. The van der Waals surface area contributed by atoms with Gasteiger partial charge in [-0.2, -0.15) is 0 Å². The molecular formula is C30H29BrN2O6S. The molecule has 2 aromatic heterocycles. The van der Waals surface area contributed by atoms with Gasteiger partial charge in [-0.15, -0.1) is 0 Å². The van der Waals surface area contributed by atoms with E-state index in [1.807, 2.05) is 13.0 Å². The molecule has 0 bridgehead atoms. The SMILES string of the molecule is CCOc1cc(C2c3c(oc4ccc(Br)cc4c3=O)C(=O)N2c2nc(C)c(C(C)=O)s2)ccc1OCCC(C)C. The van der Waals surface area contributed by atoms with Crippen LogP contribution in [-0.2, 0) is 0 Å². The van der Waals surface area contributed by atoms with Crippen LogP contribution in [0.25, 0.3) is 11.0 Å². The van der Waals surface area contributed by atoms with Crippen LogP contribution in [0.4, 0.5) is 5.13 Å². The summed E-state index contributed by atoms with van der Waals surface area (Å²) in [6.07, 6.45) is 0.886. The molecule has 4 aromatic rings. The number of thiazole rings is 1. The number of anilines is 1. The molecule has 1 amide bonds. The fourth-order valence-electron chi connectivity index (χ4n) is 4.76. The van der Waals surface area contributed by atoms with Crippen LogP contribution >= 0.6 is 27.3 Å². The number of fused-ring (bicyclic) bond motifs is 2. The van der Waals surface area contributed by atoms with Gasteiger partial charge in [-0.1, -0.05) is 47.2 Å². The number of amides is 1. The molecule has 5 rings (SSSR count). The Morgan fingerprint density at radius 2 is 1.93 bits per heavy atom. The van der Waals surface area contributed by atoms with Crippen molar-refractivity contribution < 1.29 is 23.5 Å². The van der Waals surface area contributed by atoms with Crippen molar-refractivity contribution in [2.24, 2.45) is 5.92 Å². The molecule has 0 fully saturated rings. The highest BCUT2D eigenvalue weighted by molar-refractivity contribution is 9.10. The standard InChI is InChI=1S/C30H29BrN2O6S/c1-6-37-23-13-18(7-9-22(23)38-12-11-15(2)3)25-24-26(35)20-14-19(31)8-10-21(20)39-27(24)29(36)33(25)30-32-16(4)28(40-30)17(5)34/h7-10,13-15,25H,6,11-12H2,1-5H3. The number of hydrogen-bond acceptors (Lipinski definition) is 8. The summed E-state index contributed by atoms with van der Waals surface area (Å²) >= 11 is 4.55. The Balaban J connectivity index is 1.71. The van der Waals surface area contributed by atoms with Gasteiger partial charge in [0.1, 0.15) is 5.58 Å². The number of ether oxygens (including phenoxy) is 2. The first kappa shape index (κ1) is 28.0. The lowest BCUT2D eigenvalue weighted by atomic mass is 9.98. The van der Waals surface area contributed by atoms with Gasteiger partial charge < -0.3 is 13.9 Å². The molecule has 0 spiro atoms. The number of halogens is 1. The van der Waals surface area contributed by atoms with E-state index < -0.39 is 11.9 Å². The second-order valence-electron chi connectivity index (χ2n) is 10.0. The Kier molecular flexibility index (Phi) is 7.83. The first-order valence-electron chi connectivity index (χ1n) is 13.1. The third kappa shape index (κ3) is 5.06. The van der Waals surface area contributed by atoms with Crippen molar-refractivity contribution in [3.8, 4) is 11.5 Å². The van der Waals surface area contributed by atoms with Crippen LogP contribution in [-0.4, -0.2) is 29.9 Å². The smallest absolute Gasteiger partial charge is 0.297 e. The Labute approximate surface area is 244 Å². The molecule has 1 aliphatic heterocycles. The van der Waals surface area contributed by atoms with Crippen LogP contribution in [0.3, 0.4) is 0 Å². The first-order chi connectivity index (χ1) is 19.1. The van der Waals surface area contributed by atoms with Crippen molar-refractivity contribution in [3.05, 3.63) is 78.6 Å². The van der Waals surface area contributed by atoms with Crippen LogP contribution in [0.2, 0.25) is 0 Å². The lowest BCUT2D eigenvalue weighted by Gasteiger charge is -2.23. The average Bonchev–Trinajstić information content (AvgIpc) is 3.43. The van der Waals surface area contributed by atoms with Gasteiger partial charge in [0.2, 0.25) is 5.76 Å². The van der Waals surface area contributed by atoms with Crippen LogP contribution in [0.15, 0.2) is 50.1 Å². The second kappa shape index (κ2) is 11.2. The predicted molar refractivity (Wildman–Crippen MR) is 158 cm³/mol. The normalized spacial score (nSPS) is 14.7. The van der Waals surface area contributed by atoms with Gasteiger partial charge in [0.05, 0.1) is 40.8 Å². The quantitative estimate of drug-likeness (QED) is 0.183. The summed E-state index contributed by atoms with van der Waals surface area (Å²) in [7, 11) is 0. The predicted octanol–water partition coefficient (Wildman–Crippen LogP) is 7.10. The lowest BCUT2D eigenvalue weighted by molar-refractivity contribution is 0.0969. The minimum Gasteiger partial charge on any atom is -0.490 e. The molecule has 0 radical (unpaired) electrons. The number of Topliss-reactive ketones (excluding diaryl/α,β-unsaturated/α-hetero) is 1. The zero-order chi connectivity index (χ0) is 28.7. The van der Waals surface area contributed by atoms with E-state index in [1.54, 1.807) is 37.3 Å². The van der Waals surface area contributed by atoms with Gasteiger partial charge >= 0.3 is 0 Å². The highest BCUT2D eigenvalue weighted by atomic mass is 79.9. The Morgan fingerprint density at radius 3 is 2.60 bits per heavy atom. The second-order valence-corrected chi connectivity index (χ2v) is 11.9. The Bertz CT molecular complexity index is 1690. The average molecular weight is 626 g/mol. The lowest BCUT2D eigenvalue weighted by Crippen LogP contribution is -2.29. The topological polar surface area (TPSA) is 98.9 Å². The molecule has 3 heterocycles. The Morgan fingerprint density at radius 1 is 1.15 bits per heavy atom. The molecule has 0 N–H and O–H groups in total. The van der Waals surface area contributed by atoms with Gasteiger partial charge in [0.15, 0.2) is 27.8 Å². The maximum atomic E-state index is 14.0. The van der Waals surface area contributed by atoms with Crippen LogP contribution in [0.5, 0.6) is 11.5 Å². The summed E-state index contributed by atoms with van der Waals surface area (Å²) in [5.74, 6) is 0.893. The highest BCUT2D eigenvalue weighted by Gasteiger charge is 2.45. The molecule has 1 unspecified atom stereocenters. The summed E-state index contributed by atoms with van der Waals surface area (Å²) in [6.45, 7) is 10.3. The molecular weight excluding hydrogens is 596 g/mol. The molecule has 2 aromatic carbocycles. The van der Waals surface area contributed by atoms with Crippen LogP contribution in [0.1, 0.15) is 77.2 Å². The fourth-order valence-corrected chi connectivity index (χ4v) is 6.11. The van der Waals surface area contributed by atoms with Gasteiger partial charge in [0.25, 0.3) is 5.91 Å². The number of nitrogens with zero attached hydrogens (tertiary/aromatic N) is 2. The van der Waals surface area contributed by atoms with E-state index >= 15 is 0 Å². The monoisotopic (exact) mass is 624 g/mol. The van der Waals surface area contributed by atoms with Crippen molar-refractivity contribution >= 4 is 55.1 Å². The van der Waals surface area contributed by atoms with Crippen LogP contribution < -0.4 is 19.8 Å². The number of carbonyl (C=O) groups is 2. The van der Waals surface area contributed by atoms with Crippen molar-refractivity contribution in [1.29, 1.82) is 0 Å². The van der Waals surface area contributed by atoms with Gasteiger partial charge in [-0.3, -0.25) is 19.3 Å². The maximum absolute atomic E-state index is 14.0. The summed E-state index contributed by atoms with van der Waals surface area (Å²) in [5, 5.41) is 0.662. The summed E-state index contributed by atoms with van der Waals surface area (Å²) in [4.78, 5) is 46.6.